The van der Waals surface area contributed by atoms with Gasteiger partial charge in [0.1, 0.15) is 6.29 Å². The lowest BCUT2D eigenvalue weighted by molar-refractivity contribution is -0.138. The fourth-order valence-corrected chi connectivity index (χ4v) is 4.01. The number of aliphatic carboxylic acids is 1. The molecule has 0 spiro atoms. The molecule has 1 aromatic carbocycles. The van der Waals surface area contributed by atoms with E-state index in [9.17, 15) is 14.4 Å². The van der Waals surface area contributed by atoms with Gasteiger partial charge >= 0.3 is 5.97 Å². The van der Waals surface area contributed by atoms with Crippen molar-refractivity contribution in [2.45, 2.75) is 37.5 Å². The van der Waals surface area contributed by atoms with Gasteiger partial charge in [0.25, 0.3) is 0 Å². The van der Waals surface area contributed by atoms with Crippen molar-refractivity contribution >= 4 is 29.1 Å². The van der Waals surface area contributed by atoms with Crippen LogP contribution in [0.5, 0.6) is 0 Å². The van der Waals surface area contributed by atoms with Crippen LogP contribution in [0.15, 0.2) is 18.2 Å². The first-order valence-corrected chi connectivity index (χ1v) is 9.53. The lowest BCUT2D eigenvalue weighted by Gasteiger charge is -2.31. The highest BCUT2D eigenvalue weighted by atomic mass is 16.4. The van der Waals surface area contributed by atoms with E-state index in [4.69, 9.17) is 10.8 Å². The second-order valence-electron chi connectivity index (χ2n) is 7.48. The number of hydrogen-bond acceptors (Lipinski definition) is 5. The number of rotatable bonds is 8. The van der Waals surface area contributed by atoms with Gasteiger partial charge in [-0.2, -0.15) is 5.10 Å². The molecule has 1 aromatic heterocycles. The quantitative estimate of drug-likeness (QED) is 0.662. The molecule has 1 fully saturated rings. The van der Waals surface area contributed by atoms with Crippen molar-refractivity contribution in [3.63, 3.8) is 0 Å². The number of aldehydes is 1. The van der Waals surface area contributed by atoms with Crippen LogP contribution < -0.4 is 5.73 Å². The van der Waals surface area contributed by atoms with E-state index in [-0.39, 0.29) is 13.0 Å². The van der Waals surface area contributed by atoms with Crippen LogP contribution in [0.2, 0.25) is 0 Å². The number of primary amides is 1. The van der Waals surface area contributed by atoms with Crippen LogP contribution in [0, 0.1) is 0 Å². The Hall–Kier alpha value is -2.74. The summed E-state index contributed by atoms with van der Waals surface area (Å²) in [5.41, 5.74) is 8.05. The summed E-state index contributed by atoms with van der Waals surface area (Å²) in [4.78, 5) is 35.4. The minimum absolute atomic E-state index is 0.0925. The first-order chi connectivity index (χ1) is 13.4. The van der Waals surface area contributed by atoms with E-state index in [1.54, 1.807) is 4.68 Å². The van der Waals surface area contributed by atoms with Gasteiger partial charge in [0.05, 0.1) is 23.7 Å². The van der Waals surface area contributed by atoms with Crippen molar-refractivity contribution in [3.8, 4) is 0 Å². The first kappa shape index (κ1) is 20.0. The number of hydrogen-bond donors (Lipinski definition) is 2. The van der Waals surface area contributed by atoms with E-state index in [0.29, 0.717) is 18.0 Å². The molecule has 150 valence electrons. The third kappa shape index (κ3) is 4.39. The summed E-state index contributed by atoms with van der Waals surface area (Å²) < 4.78 is 1.77. The van der Waals surface area contributed by atoms with Gasteiger partial charge in [0, 0.05) is 18.9 Å². The minimum atomic E-state index is -0.789. The lowest BCUT2D eigenvalue weighted by Crippen LogP contribution is -2.36. The molecule has 0 aliphatic carbocycles. The van der Waals surface area contributed by atoms with Crippen molar-refractivity contribution in [1.82, 2.24) is 14.7 Å². The molecule has 0 saturated carbocycles. The largest absolute Gasteiger partial charge is 0.480 e. The summed E-state index contributed by atoms with van der Waals surface area (Å²) in [6, 6.07) is 6.18. The maximum atomic E-state index is 11.5. The van der Waals surface area contributed by atoms with Crippen LogP contribution in [-0.4, -0.2) is 57.6 Å². The third-order valence-corrected chi connectivity index (χ3v) is 5.54. The number of piperidine rings is 1. The lowest BCUT2D eigenvalue weighted by atomic mass is 9.88. The summed E-state index contributed by atoms with van der Waals surface area (Å²) in [5.74, 6) is -1.29. The highest BCUT2D eigenvalue weighted by molar-refractivity contribution is 5.86. The van der Waals surface area contributed by atoms with Crippen molar-refractivity contribution in [1.29, 1.82) is 0 Å². The summed E-state index contributed by atoms with van der Waals surface area (Å²) in [6.45, 7) is 1.63. The molecule has 3 rings (SSSR count). The number of fused-ring (bicyclic) bond motifs is 1. The second kappa shape index (κ2) is 8.52. The summed E-state index contributed by atoms with van der Waals surface area (Å²) >= 11 is 0. The standard InChI is InChI=1S/C20H26N4O4/c1-23-17-10-14(13-6-8-24(9-7-13)11-19(27)28)2-4-16(17)20(22-23)15(12-25)3-5-18(21)26/h2,4,10,12-13,15H,3,5-9,11H2,1H3,(H2,21,26)(H,27,28). The van der Waals surface area contributed by atoms with Crippen LogP contribution in [0.1, 0.15) is 48.8 Å². The number of amides is 1. The van der Waals surface area contributed by atoms with Crippen LogP contribution in [0.4, 0.5) is 0 Å². The number of likely N-dealkylation sites (tertiary alicyclic amines) is 1. The summed E-state index contributed by atoms with van der Waals surface area (Å²) in [6.07, 6.45) is 3.16. The highest BCUT2D eigenvalue weighted by Gasteiger charge is 2.24. The number of nitrogens with zero attached hydrogens (tertiary/aromatic N) is 3. The Labute approximate surface area is 163 Å². The minimum Gasteiger partial charge on any atom is -0.480 e. The van der Waals surface area contributed by atoms with Gasteiger partial charge in [-0.15, -0.1) is 0 Å². The number of carbonyl (C=O) groups excluding carboxylic acids is 2. The zero-order valence-electron chi connectivity index (χ0n) is 16.0. The Balaban J connectivity index is 1.79. The molecule has 1 unspecified atom stereocenters. The van der Waals surface area contributed by atoms with Crippen molar-refractivity contribution < 1.29 is 19.5 Å². The van der Waals surface area contributed by atoms with E-state index in [1.807, 2.05) is 18.0 Å². The Bertz CT molecular complexity index is 884. The number of aryl methyl sites for hydroxylation is 1. The van der Waals surface area contributed by atoms with Crippen molar-refractivity contribution in [2.75, 3.05) is 19.6 Å². The number of carboxylic acid groups (broad SMARTS) is 1. The Morgan fingerprint density at radius 1 is 1.36 bits per heavy atom. The number of benzene rings is 1. The topological polar surface area (TPSA) is 119 Å². The molecular formula is C20H26N4O4. The van der Waals surface area contributed by atoms with E-state index in [0.717, 1.165) is 43.1 Å². The van der Waals surface area contributed by atoms with Gasteiger partial charge in [0.15, 0.2) is 0 Å². The average Bonchev–Trinajstić information content (AvgIpc) is 2.98. The van der Waals surface area contributed by atoms with E-state index in [2.05, 4.69) is 17.2 Å². The number of carboxylic acids is 1. The zero-order valence-corrected chi connectivity index (χ0v) is 16.0. The van der Waals surface area contributed by atoms with Gasteiger partial charge < -0.3 is 15.6 Å². The molecule has 3 N–H and O–H groups in total. The van der Waals surface area contributed by atoms with E-state index < -0.39 is 17.8 Å². The van der Waals surface area contributed by atoms with Crippen LogP contribution in [0.25, 0.3) is 10.9 Å². The molecule has 0 radical (unpaired) electrons. The Kier molecular flexibility index (Phi) is 6.08. The molecular weight excluding hydrogens is 360 g/mol. The second-order valence-corrected chi connectivity index (χ2v) is 7.48. The monoisotopic (exact) mass is 386 g/mol. The number of nitrogens with two attached hydrogens (primary N) is 1. The fraction of sp³-hybridized carbons (Fsp3) is 0.500. The molecule has 1 saturated heterocycles. The third-order valence-electron chi connectivity index (χ3n) is 5.54. The molecule has 2 aromatic rings. The van der Waals surface area contributed by atoms with Crippen LogP contribution in [0.3, 0.4) is 0 Å². The van der Waals surface area contributed by atoms with Gasteiger partial charge in [-0.05, 0) is 49.9 Å². The molecule has 0 bridgehead atoms. The smallest absolute Gasteiger partial charge is 0.317 e. The maximum absolute atomic E-state index is 11.5. The van der Waals surface area contributed by atoms with Gasteiger partial charge in [-0.1, -0.05) is 12.1 Å². The van der Waals surface area contributed by atoms with Crippen LogP contribution >= 0.6 is 0 Å². The molecule has 1 aliphatic heterocycles. The first-order valence-electron chi connectivity index (χ1n) is 9.53. The average molecular weight is 386 g/mol. The Morgan fingerprint density at radius 2 is 2.07 bits per heavy atom. The van der Waals surface area contributed by atoms with Crippen molar-refractivity contribution in [2.24, 2.45) is 12.8 Å². The summed E-state index contributed by atoms with van der Waals surface area (Å²) in [5, 5.41) is 14.4. The predicted molar refractivity (Wildman–Crippen MR) is 104 cm³/mol. The van der Waals surface area contributed by atoms with E-state index >= 15 is 0 Å². The van der Waals surface area contributed by atoms with E-state index in [1.165, 1.54) is 5.56 Å². The molecule has 1 atom stereocenters. The molecule has 28 heavy (non-hydrogen) atoms. The predicted octanol–water partition coefficient (Wildman–Crippen LogP) is 1.39. The number of carbonyl (C=O) groups is 3. The SMILES string of the molecule is Cn1nc(C(C=O)CCC(N)=O)c2ccc(C3CCN(CC(=O)O)CC3)cc21. The van der Waals surface area contributed by atoms with Gasteiger partial charge in [-0.3, -0.25) is 19.2 Å². The van der Waals surface area contributed by atoms with Gasteiger partial charge in [0.2, 0.25) is 5.91 Å². The van der Waals surface area contributed by atoms with Crippen LogP contribution in [-0.2, 0) is 21.4 Å². The molecule has 1 amide bonds. The summed E-state index contributed by atoms with van der Waals surface area (Å²) in [7, 11) is 1.85. The number of aromatic nitrogens is 2. The fourth-order valence-electron chi connectivity index (χ4n) is 4.01. The molecule has 8 nitrogen and oxygen atoms in total. The molecule has 2 heterocycles. The van der Waals surface area contributed by atoms with Crippen molar-refractivity contribution in [3.05, 3.63) is 29.5 Å². The highest BCUT2D eigenvalue weighted by Crippen LogP contribution is 2.33. The normalized spacial score (nSPS) is 16.9. The zero-order chi connectivity index (χ0) is 20.3. The molecule has 8 heteroatoms. The molecule has 1 aliphatic rings. The van der Waals surface area contributed by atoms with Gasteiger partial charge in [-0.25, -0.2) is 0 Å². The Morgan fingerprint density at radius 3 is 2.68 bits per heavy atom. The maximum Gasteiger partial charge on any atom is 0.317 e.